The van der Waals surface area contributed by atoms with E-state index in [1.807, 2.05) is 84.9 Å². The molecule has 0 radical (unpaired) electrons. The Balaban J connectivity index is 0.00000168. The van der Waals surface area contributed by atoms with Gasteiger partial charge in [0.25, 0.3) is 0 Å². The summed E-state index contributed by atoms with van der Waals surface area (Å²) in [4.78, 5) is 3.31. The number of hydrogen-bond donors (Lipinski definition) is 0. The van der Waals surface area contributed by atoms with Gasteiger partial charge >= 0.3 is 59.1 Å². The van der Waals surface area contributed by atoms with Crippen molar-refractivity contribution in [3.8, 4) is 33.9 Å². The Morgan fingerprint density at radius 2 is 0.816 bits per heavy atom. The van der Waals surface area contributed by atoms with E-state index in [1.54, 1.807) is 22.0 Å². The van der Waals surface area contributed by atoms with Crippen LogP contribution in [0.25, 0.3) is 46.0 Å². The summed E-state index contributed by atoms with van der Waals surface area (Å²) in [5.41, 5.74) is 7.83. The van der Waals surface area contributed by atoms with Crippen molar-refractivity contribution in [2.24, 2.45) is 0 Å². The molecule has 0 N–H and O–H groups in total. The molecule has 2 heterocycles. The van der Waals surface area contributed by atoms with Gasteiger partial charge in [-0.3, -0.25) is 0 Å². The zero-order chi connectivity index (χ0) is 24.2. The van der Waals surface area contributed by atoms with E-state index in [4.69, 9.17) is 0 Å². The number of hydrogen-bond acceptors (Lipinski definition) is 4. The fraction of sp³-hybridized carbons (Fsp3) is 0. The van der Waals surface area contributed by atoms with Crippen LogP contribution in [0.2, 0.25) is 0 Å². The fourth-order valence-corrected chi connectivity index (χ4v) is 3.89. The van der Waals surface area contributed by atoms with Crippen molar-refractivity contribution in [2.75, 3.05) is 0 Å². The summed E-state index contributed by atoms with van der Waals surface area (Å²) < 4.78 is 0. The summed E-state index contributed by atoms with van der Waals surface area (Å²) in [7, 11) is 0. The van der Waals surface area contributed by atoms with Gasteiger partial charge in [-0.15, -0.1) is 10.2 Å². The average molecular weight is 515 g/mol. The molecule has 38 heavy (non-hydrogen) atoms. The van der Waals surface area contributed by atoms with Crippen LogP contribution in [-0.2, 0) is 0 Å². The second kappa shape index (κ2) is 13.1. The number of rotatable bonds is 6. The molecule has 0 amide bonds. The molecule has 0 atom stereocenters. The van der Waals surface area contributed by atoms with Crippen molar-refractivity contribution in [3.05, 3.63) is 133 Å². The van der Waals surface area contributed by atoms with Crippen molar-refractivity contribution >= 4 is 71.3 Å². The summed E-state index contributed by atoms with van der Waals surface area (Å²) in [6, 6.07) is 36.4. The Hall–Kier alpha value is -3.10. The van der Waals surface area contributed by atoms with Crippen molar-refractivity contribution < 1.29 is 0 Å². The first-order valence-corrected chi connectivity index (χ1v) is 11.7. The molecule has 0 spiro atoms. The van der Waals surface area contributed by atoms with Crippen LogP contribution in [-0.4, -0.2) is 89.1 Å². The van der Waals surface area contributed by atoms with Gasteiger partial charge in [0.2, 0.25) is 0 Å². The van der Waals surface area contributed by atoms with Gasteiger partial charge in [0.1, 0.15) is 11.4 Å². The van der Waals surface area contributed by atoms with Crippen molar-refractivity contribution in [2.45, 2.75) is 0 Å². The van der Waals surface area contributed by atoms with Crippen LogP contribution in [0, 0.1) is 0 Å². The van der Waals surface area contributed by atoms with Crippen molar-refractivity contribution in [1.82, 2.24) is 30.0 Å². The molecular formula is C30H24N6Na2. The third kappa shape index (κ3) is 6.48. The van der Waals surface area contributed by atoms with Gasteiger partial charge in [0.15, 0.2) is 0 Å². The topological polar surface area (TPSA) is 61.4 Å². The standard InChI is InChI=1S/C30H22N6.2Na.2H/c1-3-7-25(8-4-1)29-21-31-35(33-29)27-17-13-23(14-18-27)11-12-24-15-19-28(20-16-24)36-32-22-30(34-36)26-9-5-2-6-10-26;;;;/h1-22H;;;;. The summed E-state index contributed by atoms with van der Waals surface area (Å²) in [6.45, 7) is 0. The van der Waals surface area contributed by atoms with Gasteiger partial charge in [-0.2, -0.15) is 19.8 Å². The predicted octanol–water partition coefficient (Wildman–Crippen LogP) is 5.06. The van der Waals surface area contributed by atoms with Crippen LogP contribution in [0.3, 0.4) is 0 Å². The second-order valence-electron chi connectivity index (χ2n) is 8.29. The maximum atomic E-state index is 4.60. The molecule has 0 aliphatic heterocycles. The minimum absolute atomic E-state index is 0. The van der Waals surface area contributed by atoms with Gasteiger partial charge in [-0.05, 0) is 35.4 Å². The molecule has 2 aromatic heterocycles. The number of nitrogens with zero attached hydrogens (tertiary/aromatic N) is 6. The molecule has 0 unspecified atom stereocenters. The number of aromatic nitrogens is 6. The molecule has 0 saturated carbocycles. The maximum absolute atomic E-state index is 4.60. The molecule has 0 saturated heterocycles. The van der Waals surface area contributed by atoms with E-state index >= 15 is 0 Å². The normalized spacial score (nSPS) is 10.6. The molecular weight excluding hydrogens is 490 g/mol. The van der Waals surface area contributed by atoms with Crippen LogP contribution in [0.4, 0.5) is 0 Å². The monoisotopic (exact) mass is 514 g/mol. The van der Waals surface area contributed by atoms with Crippen LogP contribution in [0.5, 0.6) is 0 Å². The Kier molecular flexibility index (Phi) is 9.63. The first-order valence-electron chi connectivity index (χ1n) is 11.7. The van der Waals surface area contributed by atoms with E-state index in [0.717, 1.165) is 45.0 Å². The van der Waals surface area contributed by atoms with E-state index in [9.17, 15) is 0 Å². The molecule has 0 fully saturated rings. The van der Waals surface area contributed by atoms with Gasteiger partial charge in [0, 0.05) is 11.1 Å². The Bertz CT molecular complexity index is 1480. The molecule has 6 nitrogen and oxygen atoms in total. The third-order valence-corrected chi connectivity index (χ3v) is 5.84. The van der Waals surface area contributed by atoms with Crippen molar-refractivity contribution in [3.63, 3.8) is 0 Å². The average Bonchev–Trinajstić information content (AvgIpc) is 3.65. The van der Waals surface area contributed by atoms with Gasteiger partial charge in [-0.1, -0.05) is 97.1 Å². The molecule has 8 heteroatoms. The van der Waals surface area contributed by atoms with Crippen LogP contribution < -0.4 is 0 Å². The molecule has 0 bridgehead atoms. The van der Waals surface area contributed by atoms with Crippen molar-refractivity contribution in [1.29, 1.82) is 0 Å². The van der Waals surface area contributed by atoms with Gasteiger partial charge in [0.05, 0.1) is 23.8 Å². The Morgan fingerprint density at radius 3 is 1.18 bits per heavy atom. The molecule has 6 rings (SSSR count). The quantitative estimate of drug-likeness (QED) is 0.230. The minimum atomic E-state index is 0. The van der Waals surface area contributed by atoms with E-state index < -0.39 is 0 Å². The Labute approximate surface area is 265 Å². The number of benzene rings is 4. The van der Waals surface area contributed by atoms with Gasteiger partial charge < -0.3 is 0 Å². The van der Waals surface area contributed by atoms with E-state index in [1.165, 1.54) is 0 Å². The molecule has 0 aliphatic rings. The van der Waals surface area contributed by atoms with E-state index in [0.29, 0.717) is 0 Å². The molecule has 4 aromatic carbocycles. The van der Waals surface area contributed by atoms with Crippen LogP contribution in [0.1, 0.15) is 11.1 Å². The Morgan fingerprint density at radius 1 is 0.447 bits per heavy atom. The van der Waals surface area contributed by atoms with E-state index in [-0.39, 0.29) is 59.1 Å². The van der Waals surface area contributed by atoms with Crippen LogP contribution in [0.15, 0.2) is 122 Å². The van der Waals surface area contributed by atoms with Crippen LogP contribution >= 0.6 is 0 Å². The zero-order valence-corrected chi connectivity index (χ0v) is 19.4. The summed E-state index contributed by atoms with van der Waals surface area (Å²) in [6.07, 6.45) is 7.75. The first kappa shape index (κ1) is 27.9. The molecule has 176 valence electrons. The second-order valence-corrected chi connectivity index (χ2v) is 8.29. The summed E-state index contributed by atoms with van der Waals surface area (Å²) in [5, 5.41) is 18.0. The van der Waals surface area contributed by atoms with E-state index in [2.05, 4.69) is 56.8 Å². The zero-order valence-electron chi connectivity index (χ0n) is 19.4. The molecule has 6 aromatic rings. The predicted molar refractivity (Wildman–Crippen MR) is 157 cm³/mol. The SMILES string of the molecule is C(=Cc1ccc(-n2ncc(-c3ccccc3)n2)cc1)c1ccc(-n2ncc(-c3ccccc3)n2)cc1.[NaH].[NaH]. The summed E-state index contributed by atoms with van der Waals surface area (Å²) in [5.74, 6) is 0. The van der Waals surface area contributed by atoms with Gasteiger partial charge in [-0.25, -0.2) is 0 Å². The fourth-order valence-electron chi connectivity index (χ4n) is 3.89. The summed E-state index contributed by atoms with van der Waals surface area (Å²) >= 11 is 0. The first-order chi connectivity index (χ1) is 17.8. The molecule has 0 aliphatic carbocycles. The third-order valence-electron chi connectivity index (χ3n) is 5.84.